The van der Waals surface area contributed by atoms with Crippen LogP contribution in [0.2, 0.25) is 5.02 Å². The van der Waals surface area contributed by atoms with E-state index in [4.69, 9.17) is 16.3 Å². The number of nitrogens with one attached hydrogen (secondary N) is 1. The maximum atomic E-state index is 11.6. The number of hydrogen-bond acceptors (Lipinski definition) is 3. The van der Waals surface area contributed by atoms with Crippen LogP contribution in [0.25, 0.3) is 0 Å². The van der Waals surface area contributed by atoms with Crippen molar-refractivity contribution in [3.63, 3.8) is 0 Å². The third kappa shape index (κ3) is 4.26. The Morgan fingerprint density at radius 2 is 2.26 bits per heavy atom. The molecule has 2 aromatic rings. The number of aryl methyl sites for hydroxylation is 1. The zero-order chi connectivity index (χ0) is 13.7. The minimum absolute atomic E-state index is 0.0332. The minimum atomic E-state index is -0.161. The first kappa shape index (κ1) is 13.9. The van der Waals surface area contributed by atoms with Crippen LogP contribution in [0.3, 0.4) is 0 Å². The number of benzene rings is 1. The number of thiophene rings is 1. The monoisotopic (exact) mass is 295 g/mol. The molecule has 0 atom stereocenters. The van der Waals surface area contributed by atoms with E-state index in [1.807, 2.05) is 36.6 Å². The van der Waals surface area contributed by atoms with Gasteiger partial charge in [0.15, 0.2) is 6.61 Å². The number of carbonyl (C=O) groups excluding carboxylic acids is 1. The Hall–Kier alpha value is -1.52. The van der Waals surface area contributed by atoms with Gasteiger partial charge in [-0.05, 0) is 36.1 Å². The van der Waals surface area contributed by atoms with Gasteiger partial charge in [0, 0.05) is 4.88 Å². The van der Waals surface area contributed by atoms with E-state index in [0.717, 1.165) is 10.4 Å². The molecule has 0 aliphatic heterocycles. The Bertz CT molecular complexity index is 555. The molecule has 3 nitrogen and oxygen atoms in total. The number of ether oxygens (including phenoxy) is 1. The average Bonchev–Trinajstić information content (AvgIpc) is 2.90. The number of hydrogen-bond donors (Lipinski definition) is 1. The number of amides is 1. The second-order valence-electron chi connectivity index (χ2n) is 4.08. The standard InChI is InChI=1S/C14H14ClNO2S/c1-10-4-5-12(15)13(7-10)18-9-14(17)16-8-11-3-2-6-19-11/h2-7H,8-9H2,1H3,(H,16,17). The number of carbonyl (C=O) groups is 1. The Morgan fingerprint density at radius 1 is 1.42 bits per heavy atom. The van der Waals surface area contributed by atoms with Gasteiger partial charge in [0.25, 0.3) is 5.91 Å². The number of rotatable bonds is 5. The van der Waals surface area contributed by atoms with Crippen molar-refractivity contribution in [3.05, 3.63) is 51.2 Å². The predicted molar refractivity (Wildman–Crippen MR) is 77.8 cm³/mol. The SMILES string of the molecule is Cc1ccc(Cl)c(OCC(=O)NCc2cccs2)c1. The molecule has 1 N–H and O–H groups in total. The third-order valence-electron chi connectivity index (χ3n) is 2.49. The molecular weight excluding hydrogens is 282 g/mol. The fourth-order valence-corrected chi connectivity index (χ4v) is 2.33. The molecule has 19 heavy (non-hydrogen) atoms. The predicted octanol–water partition coefficient (Wildman–Crippen LogP) is 3.41. The van der Waals surface area contributed by atoms with Gasteiger partial charge >= 0.3 is 0 Å². The second kappa shape index (κ2) is 6.59. The summed E-state index contributed by atoms with van der Waals surface area (Å²) in [5.74, 6) is 0.374. The van der Waals surface area contributed by atoms with Gasteiger partial charge in [-0.25, -0.2) is 0 Å². The van der Waals surface area contributed by atoms with Gasteiger partial charge < -0.3 is 10.1 Å². The molecule has 0 aliphatic rings. The van der Waals surface area contributed by atoms with Crippen molar-refractivity contribution in [3.8, 4) is 5.75 Å². The fourth-order valence-electron chi connectivity index (χ4n) is 1.51. The first-order valence-electron chi connectivity index (χ1n) is 5.83. The van der Waals surface area contributed by atoms with Crippen molar-refractivity contribution < 1.29 is 9.53 Å². The summed E-state index contributed by atoms with van der Waals surface area (Å²) in [5.41, 5.74) is 1.04. The zero-order valence-electron chi connectivity index (χ0n) is 10.5. The van der Waals surface area contributed by atoms with Crippen molar-refractivity contribution in [2.75, 3.05) is 6.61 Å². The van der Waals surface area contributed by atoms with E-state index in [0.29, 0.717) is 17.3 Å². The van der Waals surface area contributed by atoms with Crippen LogP contribution in [-0.4, -0.2) is 12.5 Å². The van der Waals surface area contributed by atoms with Crippen LogP contribution in [0, 0.1) is 6.92 Å². The van der Waals surface area contributed by atoms with Gasteiger partial charge in [0.05, 0.1) is 11.6 Å². The molecule has 2 rings (SSSR count). The van der Waals surface area contributed by atoms with Gasteiger partial charge in [0.1, 0.15) is 5.75 Å². The molecule has 0 fully saturated rings. The highest BCUT2D eigenvalue weighted by atomic mass is 35.5. The average molecular weight is 296 g/mol. The smallest absolute Gasteiger partial charge is 0.258 e. The van der Waals surface area contributed by atoms with Crippen LogP contribution in [0.1, 0.15) is 10.4 Å². The van der Waals surface area contributed by atoms with E-state index in [2.05, 4.69) is 5.32 Å². The van der Waals surface area contributed by atoms with Gasteiger partial charge in [-0.15, -0.1) is 11.3 Å². The Morgan fingerprint density at radius 3 is 3.00 bits per heavy atom. The minimum Gasteiger partial charge on any atom is -0.482 e. The molecule has 1 aromatic heterocycles. The van der Waals surface area contributed by atoms with E-state index in [1.165, 1.54) is 0 Å². The topological polar surface area (TPSA) is 38.3 Å². The lowest BCUT2D eigenvalue weighted by Gasteiger charge is -2.09. The zero-order valence-corrected chi connectivity index (χ0v) is 12.1. The largest absolute Gasteiger partial charge is 0.482 e. The number of halogens is 1. The summed E-state index contributed by atoms with van der Waals surface area (Å²) >= 11 is 7.59. The highest BCUT2D eigenvalue weighted by molar-refractivity contribution is 7.09. The summed E-state index contributed by atoms with van der Waals surface area (Å²) in [6, 6.07) is 9.40. The van der Waals surface area contributed by atoms with Gasteiger partial charge in [-0.2, -0.15) is 0 Å². The molecule has 0 unspecified atom stereocenters. The lowest BCUT2D eigenvalue weighted by molar-refractivity contribution is -0.123. The summed E-state index contributed by atoms with van der Waals surface area (Å²) in [4.78, 5) is 12.7. The van der Waals surface area contributed by atoms with Gasteiger partial charge in [0.2, 0.25) is 0 Å². The second-order valence-corrected chi connectivity index (χ2v) is 5.52. The molecule has 1 heterocycles. The molecule has 0 aliphatic carbocycles. The van der Waals surface area contributed by atoms with E-state index in [9.17, 15) is 4.79 Å². The summed E-state index contributed by atoms with van der Waals surface area (Å²) in [7, 11) is 0. The van der Waals surface area contributed by atoms with Crippen LogP contribution < -0.4 is 10.1 Å². The van der Waals surface area contributed by atoms with E-state index < -0.39 is 0 Å². The summed E-state index contributed by atoms with van der Waals surface area (Å²) in [5, 5.41) is 5.28. The molecule has 0 bridgehead atoms. The molecule has 1 aromatic carbocycles. The molecule has 0 saturated carbocycles. The summed E-state index contributed by atoms with van der Waals surface area (Å²) < 4.78 is 5.41. The van der Waals surface area contributed by atoms with Crippen molar-refractivity contribution in [1.82, 2.24) is 5.32 Å². The lowest BCUT2D eigenvalue weighted by Crippen LogP contribution is -2.28. The van der Waals surface area contributed by atoms with Crippen LogP contribution in [0.15, 0.2) is 35.7 Å². The third-order valence-corrected chi connectivity index (χ3v) is 3.67. The molecule has 100 valence electrons. The fraction of sp³-hybridized carbons (Fsp3) is 0.214. The van der Waals surface area contributed by atoms with Crippen LogP contribution in [-0.2, 0) is 11.3 Å². The Labute approximate surface area is 121 Å². The maximum Gasteiger partial charge on any atom is 0.258 e. The van der Waals surface area contributed by atoms with Crippen LogP contribution >= 0.6 is 22.9 Å². The first-order chi connectivity index (χ1) is 9.15. The summed E-state index contributed by atoms with van der Waals surface area (Å²) in [6.07, 6.45) is 0. The molecular formula is C14H14ClNO2S. The van der Waals surface area contributed by atoms with E-state index >= 15 is 0 Å². The van der Waals surface area contributed by atoms with Crippen molar-refractivity contribution in [2.45, 2.75) is 13.5 Å². The van der Waals surface area contributed by atoms with Crippen molar-refractivity contribution >= 4 is 28.8 Å². The molecule has 0 saturated heterocycles. The molecule has 0 radical (unpaired) electrons. The van der Waals surface area contributed by atoms with Gasteiger partial charge in [-0.3, -0.25) is 4.79 Å². The molecule has 0 spiro atoms. The first-order valence-corrected chi connectivity index (χ1v) is 7.09. The maximum absolute atomic E-state index is 11.6. The lowest BCUT2D eigenvalue weighted by atomic mass is 10.2. The Kier molecular flexibility index (Phi) is 4.82. The van der Waals surface area contributed by atoms with Crippen LogP contribution in [0.4, 0.5) is 0 Å². The highest BCUT2D eigenvalue weighted by Gasteiger charge is 2.06. The van der Waals surface area contributed by atoms with Crippen LogP contribution in [0.5, 0.6) is 5.75 Å². The van der Waals surface area contributed by atoms with Crippen molar-refractivity contribution in [2.24, 2.45) is 0 Å². The molecule has 1 amide bonds. The molecule has 5 heteroatoms. The highest BCUT2D eigenvalue weighted by Crippen LogP contribution is 2.25. The van der Waals surface area contributed by atoms with E-state index in [-0.39, 0.29) is 12.5 Å². The quantitative estimate of drug-likeness (QED) is 0.918. The normalized spacial score (nSPS) is 10.2. The van der Waals surface area contributed by atoms with Crippen molar-refractivity contribution in [1.29, 1.82) is 0 Å². The van der Waals surface area contributed by atoms with E-state index in [1.54, 1.807) is 17.4 Å². The Balaban J connectivity index is 1.81. The summed E-state index contributed by atoms with van der Waals surface area (Å²) in [6.45, 7) is 2.44. The van der Waals surface area contributed by atoms with Gasteiger partial charge in [-0.1, -0.05) is 23.7 Å².